The summed E-state index contributed by atoms with van der Waals surface area (Å²) in [6.45, 7) is 10.8. The topological polar surface area (TPSA) is 55.8 Å². The number of Topliss-reactive ketones (excluding diaryl/α,β-unsaturated/α-hetero) is 1. The number of aliphatic hydroxyl groups is 1. The number of hydrogen-bond acceptors (Lipinski definition) is 4. The van der Waals surface area contributed by atoms with Crippen molar-refractivity contribution in [1.29, 1.82) is 0 Å². The van der Waals surface area contributed by atoms with Crippen LogP contribution in [0.2, 0.25) is 0 Å². The van der Waals surface area contributed by atoms with Crippen LogP contribution in [0.3, 0.4) is 0 Å². The van der Waals surface area contributed by atoms with Crippen LogP contribution >= 0.6 is 0 Å². The quantitative estimate of drug-likeness (QED) is 0.406. The Morgan fingerprint density at radius 3 is 2.38 bits per heavy atom. The second-order valence-electron chi connectivity index (χ2n) is 8.64. The summed E-state index contributed by atoms with van der Waals surface area (Å²) in [5.74, 6) is 0.646. The molecule has 0 saturated carbocycles. The molecule has 1 rings (SSSR count). The van der Waals surface area contributed by atoms with Crippen LogP contribution in [-0.2, 0) is 14.3 Å². The average Bonchev–Trinajstić information content (AvgIpc) is 2.70. The van der Waals surface area contributed by atoms with Gasteiger partial charge in [0.05, 0.1) is 14.2 Å². The molecule has 1 aliphatic carbocycles. The normalized spacial score (nSPS) is 24.7. The minimum Gasteiger partial charge on any atom is -0.494 e. The Hall–Kier alpha value is -1.55. The molecule has 0 heterocycles. The van der Waals surface area contributed by atoms with Gasteiger partial charge in [-0.2, -0.15) is 0 Å². The van der Waals surface area contributed by atoms with Gasteiger partial charge in [-0.15, -0.1) is 0 Å². The lowest BCUT2D eigenvalue weighted by Crippen LogP contribution is -2.40. The van der Waals surface area contributed by atoms with E-state index < -0.39 is 6.10 Å². The summed E-state index contributed by atoms with van der Waals surface area (Å²) < 4.78 is 10.4. The maximum Gasteiger partial charge on any atom is 0.204 e. The monoisotopic (exact) mass is 406 g/mol. The van der Waals surface area contributed by atoms with Gasteiger partial charge in [-0.3, -0.25) is 4.79 Å². The number of ether oxygens (including phenoxy) is 2. The molecule has 0 fully saturated rings. The van der Waals surface area contributed by atoms with Crippen molar-refractivity contribution in [2.45, 2.75) is 85.7 Å². The molecule has 0 aliphatic heterocycles. The van der Waals surface area contributed by atoms with Gasteiger partial charge in [0, 0.05) is 11.8 Å². The molecule has 29 heavy (non-hydrogen) atoms. The van der Waals surface area contributed by atoms with Gasteiger partial charge < -0.3 is 14.6 Å². The Morgan fingerprint density at radius 2 is 1.79 bits per heavy atom. The lowest BCUT2D eigenvalue weighted by Gasteiger charge is -2.33. The molecule has 4 nitrogen and oxygen atoms in total. The highest BCUT2D eigenvalue weighted by Gasteiger charge is 2.42. The molecule has 1 unspecified atom stereocenters. The van der Waals surface area contributed by atoms with Gasteiger partial charge in [0.15, 0.2) is 5.76 Å². The van der Waals surface area contributed by atoms with Crippen molar-refractivity contribution in [2.24, 2.45) is 17.8 Å². The molecule has 166 valence electrons. The summed E-state index contributed by atoms with van der Waals surface area (Å²) in [5.41, 5.74) is 2.77. The van der Waals surface area contributed by atoms with Crippen LogP contribution in [0.5, 0.6) is 0 Å². The van der Waals surface area contributed by atoms with Crippen molar-refractivity contribution < 1.29 is 19.4 Å². The highest BCUT2D eigenvalue weighted by atomic mass is 16.5. The number of aliphatic hydroxyl groups excluding tert-OH is 1. The van der Waals surface area contributed by atoms with E-state index in [1.807, 2.05) is 6.92 Å². The van der Waals surface area contributed by atoms with E-state index in [0.717, 1.165) is 18.8 Å². The SMILES string of the molecule is CCC(C)CCC/C(C)=C/CC/C(C)=C/C[C@@H]1[C@@H](C)C(=O)C(OC)=C(OC)[C@@H]1O. The van der Waals surface area contributed by atoms with Crippen molar-refractivity contribution in [1.82, 2.24) is 0 Å². The number of hydrogen-bond donors (Lipinski definition) is 1. The largest absolute Gasteiger partial charge is 0.494 e. The minimum absolute atomic E-state index is 0.0957. The van der Waals surface area contributed by atoms with Crippen molar-refractivity contribution >= 4 is 5.78 Å². The maximum atomic E-state index is 12.5. The molecular weight excluding hydrogens is 364 g/mol. The highest BCUT2D eigenvalue weighted by molar-refractivity contribution is 5.97. The Balaban J connectivity index is 2.57. The molecule has 1 N–H and O–H groups in total. The van der Waals surface area contributed by atoms with E-state index in [9.17, 15) is 9.90 Å². The zero-order chi connectivity index (χ0) is 22.0. The van der Waals surface area contributed by atoms with Crippen molar-refractivity contribution in [3.63, 3.8) is 0 Å². The van der Waals surface area contributed by atoms with Crippen molar-refractivity contribution in [3.8, 4) is 0 Å². The van der Waals surface area contributed by atoms with E-state index in [2.05, 4.69) is 39.8 Å². The van der Waals surface area contributed by atoms with Crippen LogP contribution < -0.4 is 0 Å². The van der Waals surface area contributed by atoms with Crippen LogP contribution in [0.1, 0.15) is 79.6 Å². The van der Waals surface area contributed by atoms with E-state index in [0.29, 0.717) is 6.42 Å². The number of carbonyl (C=O) groups excluding carboxylic acids is 1. The summed E-state index contributed by atoms with van der Waals surface area (Å²) in [7, 11) is 2.91. The zero-order valence-electron chi connectivity index (χ0n) is 19.6. The summed E-state index contributed by atoms with van der Waals surface area (Å²) in [4.78, 5) is 12.5. The number of methoxy groups -OCH3 is 2. The van der Waals surface area contributed by atoms with E-state index in [1.165, 1.54) is 51.0 Å². The third kappa shape index (κ3) is 7.65. The number of rotatable bonds is 12. The first-order valence-electron chi connectivity index (χ1n) is 11.1. The molecule has 0 amide bonds. The molecule has 0 bridgehead atoms. The first-order chi connectivity index (χ1) is 13.8. The Labute approximate surface area is 178 Å². The van der Waals surface area contributed by atoms with Gasteiger partial charge in [0.1, 0.15) is 6.10 Å². The van der Waals surface area contributed by atoms with E-state index in [1.54, 1.807) is 0 Å². The molecule has 4 atom stereocenters. The third-order valence-corrected chi connectivity index (χ3v) is 6.34. The van der Waals surface area contributed by atoms with Crippen LogP contribution in [-0.4, -0.2) is 31.2 Å². The van der Waals surface area contributed by atoms with E-state index in [-0.39, 0.29) is 29.1 Å². The molecule has 1 aliphatic rings. The molecule has 0 saturated heterocycles. The van der Waals surface area contributed by atoms with E-state index >= 15 is 0 Å². The lowest BCUT2D eigenvalue weighted by atomic mass is 9.77. The molecule has 4 heteroatoms. The fourth-order valence-electron chi connectivity index (χ4n) is 3.89. The number of carbonyl (C=O) groups is 1. The lowest BCUT2D eigenvalue weighted by molar-refractivity contribution is -0.128. The molecule has 0 aromatic rings. The van der Waals surface area contributed by atoms with Gasteiger partial charge in [-0.1, -0.05) is 56.9 Å². The molecule has 0 aromatic heterocycles. The smallest absolute Gasteiger partial charge is 0.204 e. The minimum atomic E-state index is -0.820. The average molecular weight is 407 g/mol. The molecular formula is C25H42O4. The van der Waals surface area contributed by atoms with Gasteiger partial charge in [-0.05, 0) is 51.9 Å². The fraction of sp³-hybridized carbons (Fsp3) is 0.720. The van der Waals surface area contributed by atoms with E-state index in [4.69, 9.17) is 9.47 Å². The molecule has 0 radical (unpaired) electrons. The Bertz CT molecular complexity index is 614. The first kappa shape index (κ1) is 25.5. The zero-order valence-corrected chi connectivity index (χ0v) is 19.6. The second kappa shape index (κ2) is 12.9. The predicted molar refractivity (Wildman–Crippen MR) is 119 cm³/mol. The van der Waals surface area contributed by atoms with Crippen LogP contribution in [0, 0.1) is 17.8 Å². The van der Waals surface area contributed by atoms with Crippen LogP contribution in [0.4, 0.5) is 0 Å². The summed E-state index contributed by atoms with van der Waals surface area (Å²) >= 11 is 0. The number of allylic oxidation sites excluding steroid dienone is 5. The van der Waals surface area contributed by atoms with Crippen LogP contribution in [0.25, 0.3) is 0 Å². The maximum absolute atomic E-state index is 12.5. The Morgan fingerprint density at radius 1 is 1.14 bits per heavy atom. The summed E-state index contributed by atoms with van der Waals surface area (Å²) in [5, 5.41) is 10.7. The molecule has 0 aromatic carbocycles. The predicted octanol–water partition coefficient (Wildman–Crippen LogP) is 5.97. The van der Waals surface area contributed by atoms with Crippen molar-refractivity contribution in [2.75, 3.05) is 14.2 Å². The van der Waals surface area contributed by atoms with Crippen LogP contribution in [0.15, 0.2) is 34.8 Å². The second-order valence-corrected chi connectivity index (χ2v) is 8.64. The summed E-state index contributed by atoms with van der Waals surface area (Å²) in [6, 6.07) is 0. The van der Waals surface area contributed by atoms with Gasteiger partial charge in [0.2, 0.25) is 11.5 Å². The first-order valence-corrected chi connectivity index (χ1v) is 11.1. The third-order valence-electron chi connectivity index (χ3n) is 6.34. The Kier molecular flexibility index (Phi) is 11.3. The molecule has 0 spiro atoms. The van der Waals surface area contributed by atoms with Gasteiger partial charge in [0.25, 0.3) is 0 Å². The highest BCUT2D eigenvalue weighted by Crippen LogP contribution is 2.35. The standard InChI is InChI=1S/C25H42O4/c1-8-17(2)11-9-12-18(3)13-10-14-19(4)15-16-21-20(5)22(26)24(28-6)25(29-7)23(21)27/h13,15,17,20-21,23,27H,8-12,14,16H2,1-7H3/b18-13+,19-15+/t17?,20-,21-,23-/m1/s1. The van der Waals surface area contributed by atoms with Crippen molar-refractivity contribution in [3.05, 3.63) is 34.8 Å². The summed E-state index contributed by atoms with van der Waals surface area (Å²) in [6.07, 6.45) is 11.4. The van der Waals surface area contributed by atoms with Gasteiger partial charge >= 0.3 is 0 Å². The van der Waals surface area contributed by atoms with Gasteiger partial charge in [-0.25, -0.2) is 0 Å². The fourth-order valence-corrected chi connectivity index (χ4v) is 3.89. The number of ketones is 1.